The third-order valence-electron chi connectivity index (χ3n) is 1.88. The molecule has 0 atom stereocenters. The summed E-state index contributed by atoms with van der Waals surface area (Å²) < 4.78 is 0. The molecule has 0 amide bonds. The van der Waals surface area contributed by atoms with Gasteiger partial charge in [-0.1, -0.05) is 24.6 Å². The Bertz CT molecular complexity index is 279. The van der Waals surface area contributed by atoms with Crippen LogP contribution in [0.5, 0.6) is 0 Å². The molecule has 2 heteroatoms. The van der Waals surface area contributed by atoms with Gasteiger partial charge in [0.25, 0.3) is 0 Å². The molecule has 0 unspecified atom stereocenters. The average Bonchev–Trinajstić information content (AvgIpc) is 2.11. The first-order chi connectivity index (χ1) is 6.11. The van der Waals surface area contributed by atoms with Gasteiger partial charge in [-0.2, -0.15) is 5.26 Å². The number of allylic oxidation sites excluding steroid dienone is 4. The number of carbonyl (C=O) groups excluding carboxylic acids is 1. The van der Waals surface area contributed by atoms with E-state index in [1.54, 1.807) is 13.0 Å². The van der Waals surface area contributed by atoms with Gasteiger partial charge in [0, 0.05) is 0 Å². The largest absolute Gasteiger partial charge is 0.295 e. The summed E-state index contributed by atoms with van der Waals surface area (Å²) in [5.41, 5.74) is 1.78. The van der Waals surface area contributed by atoms with E-state index in [2.05, 4.69) is 6.07 Å². The van der Waals surface area contributed by atoms with Crippen LogP contribution in [-0.2, 0) is 4.79 Å². The van der Waals surface area contributed by atoms with Gasteiger partial charge >= 0.3 is 0 Å². The van der Waals surface area contributed by atoms with Gasteiger partial charge in [-0.3, -0.25) is 4.79 Å². The van der Waals surface area contributed by atoms with E-state index in [1.807, 2.05) is 13.0 Å². The number of hydrogen-bond donors (Lipinski definition) is 0. The molecule has 0 bridgehead atoms. The maximum absolute atomic E-state index is 10.8. The van der Waals surface area contributed by atoms with Crippen molar-refractivity contribution < 1.29 is 4.79 Å². The van der Waals surface area contributed by atoms with Crippen LogP contribution in [0.25, 0.3) is 0 Å². The van der Waals surface area contributed by atoms with Gasteiger partial charge < -0.3 is 0 Å². The molecule has 0 N–H and O–H groups in total. The average molecular weight is 177 g/mol. The lowest BCUT2D eigenvalue weighted by Gasteiger charge is -1.95. The monoisotopic (exact) mass is 177 g/mol. The van der Waals surface area contributed by atoms with Gasteiger partial charge in [-0.15, -0.1) is 0 Å². The third kappa shape index (κ3) is 4.97. The molecule has 0 rings (SSSR count). The lowest BCUT2D eigenvalue weighted by molar-refractivity contribution is -0.113. The number of nitriles is 1. The van der Waals surface area contributed by atoms with Gasteiger partial charge in [0.1, 0.15) is 0 Å². The summed E-state index contributed by atoms with van der Waals surface area (Å²) in [6.07, 6.45) is 4.94. The summed E-state index contributed by atoms with van der Waals surface area (Å²) in [7, 11) is 0. The second-order valence-electron chi connectivity index (χ2n) is 2.92. The number of Topliss-reactive ketones (excluding diaryl/α,β-unsaturated/α-hetero) is 1. The minimum Gasteiger partial charge on any atom is -0.295 e. The topological polar surface area (TPSA) is 40.9 Å². The quantitative estimate of drug-likeness (QED) is 0.489. The highest BCUT2D eigenvalue weighted by Crippen LogP contribution is 2.06. The maximum atomic E-state index is 10.8. The first-order valence-corrected chi connectivity index (χ1v) is 4.36. The first kappa shape index (κ1) is 11.6. The van der Waals surface area contributed by atoms with Crippen LogP contribution in [0.3, 0.4) is 0 Å². The van der Waals surface area contributed by atoms with Crippen molar-refractivity contribution in [3.8, 4) is 6.07 Å². The third-order valence-corrected chi connectivity index (χ3v) is 1.88. The van der Waals surface area contributed by atoms with Crippen molar-refractivity contribution in [2.45, 2.75) is 33.6 Å². The number of nitrogens with zero attached hydrogens (tertiary/aromatic N) is 1. The fourth-order valence-corrected chi connectivity index (χ4v) is 0.764. The van der Waals surface area contributed by atoms with Gasteiger partial charge in [-0.05, 0) is 25.8 Å². The molecule has 0 saturated heterocycles. The van der Waals surface area contributed by atoms with Crippen molar-refractivity contribution in [1.82, 2.24) is 0 Å². The summed E-state index contributed by atoms with van der Waals surface area (Å²) in [6.45, 7) is 5.31. The fourth-order valence-electron chi connectivity index (χ4n) is 0.764. The van der Waals surface area contributed by atoms with Crippen LogP contribution in [0.4, 0.5) is 0 Å². The van der Waals surface area contributed by atoms with E-state index in [0.717, 1.165) is 17.6 Å². The predicted molar refractivity (Wildman–Crippen MR) is 53.0 cm³/mol. The Kier molecular flexibility index (Phi) is 5.54. The zero-order chi connectivity index (χ0) is 10.3. The molecular weight excluding hydrogens is 162 g/mol. The molecule has 0 spiro atoms. The highest BCUT2D eigenvalue weighted by molar-refractivity contribution is 5.92. The Balaban J connectivity index is 4.46. The number of hydrogen-bond acceptors (Lipinski definition) is 2. The van der Waals surface area contributed by atoms with Crippen LogP contribution in [0.15, 0.2) is 23.3 Å². The number of ketones is 1. The normalized spacial score (nSPS) is 12.5. The van der Waals surface area contributed by atoms with E-state index in [-0.39, 0.29) is 5.78 Å². The van der Waals surface area contributed by atoms with Crippen LogP contribution in [0, 0.1) is 11.3 Å². The van der Waals surface area contributed by atoms with E-state index in [9.17, 15) is 4.79 Å². The Labute approximate surface area is 79.6 Å². The molecule has 13 heavy (non-hydrogen) atoms. The summed E-state index contributed by atoms with van der Waals surface area (Å²) in [4.78, 5) is 10.8. The van der Waals surface area contributed by atoms with Crippen LogP contribution >= 0.6 is 0 Å². The van der Waals surface area contributed by atoms with Crippen molar-refractivity contribution in [2.75, 3.05) is 0 Å². The van der Waals surface area contributed by atoms with Gasteiger partial charge in [0.15, 0.2) is 5.78 Å². The van der Waals surface area contributed by atoms with Crippen molar-refractivity contribution in [3.63, 3.8) is 0 Å². The van der Waals surface area contributed by atoms with Crippen LogP contribution in [0.2, 0.25) is 0 Å². The highest BCUT2D eigenvalue weighted by atomic mass is 16.1. The molecule has 0 heterocycles. The van der Waals surface area contributed by atoms with Gasteiger partial charge in [0.05, 0.1) is 12.5 Å². The molecule has 0 fully saturated rings. The molecule has 70 valence electrons. The number of carbonyl (C=O) groups is 1. The molecule has 0 aliphatic rings. The molecule has 0 radical (unpaired) electrons. The minimum absolute atomic E-state index is 0.0728. The van der Waals surface area contributed by atoms with E-state index in [0.29, 0.717) is 6.42 Å². The Morgan fingerprint density at radius 3 is 2.38 bits per heavy atom. The van der Waals surface area contributed by atoms with E-state index >= 15 is 0 Å². The lowest BCUT2D eigenvalue weighted by atomic mass is 10.1. The maximum Gasteiger partial charge on any atom is 0.155 e. The zero-order valence-electron chi connectivity index (χ0n) is 8.42. The molecule has 2 nitrogen and oxygen atoms in total. The Morgan fingerprint density at radius 1 is 1.38 bits per heavy atom. The molecule has 0 aromatic carbocycles. The fraction of sp³-hybridized carbons (Fsp3) is 0.455. The highest BCUT2D eigenvalue weighted by Gasteiger charge is 1.94. The smallest absolute Gasteiger partial charge is 0.155 e. The van der Waals surface area contributed by atoms with Crippen LogP contribution < -0.4 is 0 Å². The second-order valence-corrected chi connectivity index (χ2v) is 2.92. The SMILES string of the molecule is CC/C(=C\C=C(/C)C(C)=O)CC#N. The van der Waals surface area contributed by atoms with Crippen molar-refractivity contribution in [3.05, 3.63) is 23.3 Å². The van der Waals surface area contributed by atoms with Gasteiger partial charge in [-0.25, -0.2) is 0 Å². The molecule has 0 aromatic rings. The minimum atomic E-state index is 0.0728. The van der Waals surface area contributed by atoms with E-state index in [1.165, 1.54) is 6.92 Å². The standard InChI is InChI=1S/C11H15NO/c1-4-11(7-8-12)6-5-9(2)10(3)13/h5-6H,4,7H2,1-3H3/b9-5+,11-6+. The molecule has 0 saturated carbocycles. The van der Waals surface area contributed by atoms with Crippen molar-refractivity contribution in [1.29, 1.82) is 5.26 Å². The second kappa shape index (κ2) is 6.19. The zero-order valence-corrected chi connectivity index (χ0v) is 8.42. The van der Waals surface area contributed by atoms with Crippen LogP contribution in [-0.4, -0.2) is 5.78 Å². The van der Waals surface area contributed by atoms with Gasteiger partial charge in [0.2, 0.25) is 0 Å². The predicted octanol–water partition coefficient (Wildman–Crippen LogP) is 2.77. The molecule has 0 aliphatic carbocycles. The van der Waals surface area contributed by atoms with Crippen molar-refractivity contribution in [2.24, 2.45) is 0 Å². The number of rotatable bonds is 4. The lowest BCUT2D eigenvalue weighted by Crippen LogP contribution is -1.90. The van der Waals surface area contributed by atoms with E-state index in [4.69, 9.17) is 5.26 Å². The van der Waals surface area contributed by atoms with Crippen LogP contribution in [0.1, 0.15) is 33.6 Å². The van der Waals surface area contributed by atoms with Crippen molar-refractivity contribution >= 4 is 5.78 Å². The summed E-state index contributed by atoms with van der Waals surface area (Å²) in [5.74, 6) is 0.0728. The molecular formula is C11H15NO. The first-order valence-electron chi connectivity index (χ1n) is 4.36. The van der Waals surface area contributed by atoms with E-state index < -0.39 is 0 Å². The summed E-state index contributed by atoms with van der Waals surface area (Å²) in [5, 5.41) is 8.46. The Morgan fingerprint density at radius 2 is 2.00 bits per heavy atom. The molecule has 0 aliphatic heterocycles. The summed E-state index contributed by atoms with van der Waals surface area (Å²) in [6, 6.07) is 2.09. The molecule has 0 aromatic heterocycles. The Hall–Kier alpha value is -1.36. The summed E-state index contributed by atoms with van der Waals surface area (Å²) >= 11 is 0.